The molecule has 3 fully saturated rings. The monoisotopic (exact) mass is 325 g/mol. The fourth-order valence-corrected chi connectivity index (χ4v) is 5.18. The molecule has 3 saturated heterocycles. The third kappa shape index (κ3) is 2.38. The molecule has 0 saturated carbocycles. The maximum absolute atomic E-state index is 9.19. The molecule has 4 aliphatic rings. The highest BCUT2D eigenvalue weighted by Gasteiger charge is 2.36. The summed E-state index contributed by atoms with van der Waals surface area (Å²) in [5.41, 5.74) is 2.01. The first kappa shape index (κ1) is 12.0. The zero-order chi connectivity index (χ0) is 17.0. The summed E-state index contributed by atoms with van der Waals surface area (Å²) in [5, 5.41) is 0. The fraction of sp³-hybridized carbons (Fsp3) is 0.400. The second kappa shape index (κ2) is 5.57. The zero-order valence-corrected chi connectivity index (χ0v) is 13.9. The van der Waals surface area contributed by atoms with Gasteiger partial charge in [-0.05, 0) is 62.0 Å². The molecular formula is C20H22N2S. The molecule has 6 rings (SSSR count). The summed E-state index contributed by atoms with van der Waals surface area (Å²) < 4.78 is 18.4. The van der Waals surface area contributed by atoms with E-state index in [1.165, 1.54) is 0 Å². The van der Waals surface area contributed by atoms with Crippen molar-refractivity contribution in [3.63, 3.8) is 0 Å². The number of anilines is 2. The van der Waals surface area contributed by atoms with Crippen LogP contribution in [0.3, 0.4) is 0 Å². The SMILES string of the molecule is [2H][13C]([2H])(C1CN2CCC1CC2)N1c2ccccc2Sc2ccccc21. The molecule has 2 aromatic rings. The highest BCUT2D eigenvalue weighted by Crippen LogP contribution is 2.48. The van der Waals surface area contributed by atoms with Crippen molar-refractivity contribution in [3.05, 3.63) is 48.5 Å². The van der Waals surface area contributed by atoms with Crippen molar-refractivity contribution in [2.75, 3.05) is 31.0 Å². The van der Waals surface area contributed by atoms with Crippen molar-refractivity contribution in [2.45, 2.75) is 22.6 Å². The van der Waals surface area contributed by atoms with Gasteiger partial charge in [-0.2, -0.15) is 0 Å². The number of para-hydroxylation sites is 2. The van der Waals surface area contributed by atoms with Crippen molar-refractivity contribution in [2.24, 2.45) is 11.8 Å². The highest BCUT2D eigenvalue weighted by molar-refractivity contribution is 7.99. The number of hydrogen-bond acceptors (Lipinski definition) is 3. The summed E-state index contributed by atoms with van der Waals surface area (Å²) >= 11 is 1.75. The maximum atomic E-state index is 9.19. The van der Waals surface area contributed by atoms with Crippen molar-refractivity contribution in [3.8, 4) is 0 Å². The minimum Gasteiger partial charge on any atom is -0.339 e. The van der Waals surface area contributed by atoms with Crippen LogP contribution in [0.5, 0.6) is 0 Å². The number of nitrogens with zero attached hydrogens (tertiary/aromatic N) is 2. The predicted molar refractivity (Wildman–Crippen MR) is 96.7 cm³/mol. The Morgan fingerprint density at radius 2 is 1.57 bits per heavy atom. The average Bonchev–Trinajstić information content (AvgIpc) is 2.66. The number of piperidine rings is 3. The second-order valence-electron chi connectivity index (χ2n) is 6.75. The molecule has 0 amide bonds. The van der Waals surface area contributed by atoms with E-state index in [0.717, 1.165) is 53.6 Å². The highest BCUT2D eigenvalue weighted by atomic mass is 32.2. The molecule has 4 heterocycles. The van der Waals surface area contributed by atoms with Crippen LogP contribution >= 0.6 is 11.8 Å². The van der Waals surface area contributed by atoms with Gasteiger partial charge in [-0.1, -0.05) is 36.0 Å². The lowest BCUT2D eigenvalue weighted by Gasteiger charge is -2.47. The average molecular weight is 325 g/mol. The molecule has 2 aromatic carbocycles. The third-order valence-electron chi connectivity index (χ3n) is 5.38. The van der Waals surface area contributed by atoms with Gasteiger partial charge >= 0.3 is 0 Å². The van der Waals surface area contributed by atoms with Crippen LogP contribution in [0.15, 0.2) is 58.3 Å². The molecule has 3 heteroatoms. The molecule has 0 aromatic heterocycles. The first-order valence-electron chi connectivity index (χ1n) is 9.53. The van der Waals surface area contributed by atoms with Crippen LogP contribution in [0.25, 0.3) is 0 Å². The normalized spacial score (nSPS) is 30.3. The number of rotatable bonds is 2. The topological polar surface area (TPSA) is 6.48 Å². The molecule has 0 N–H and O–H groups in total. The Balaban J connectivity index is 1.63. The quantitative estimate of drug-likeness (QED) is 0.743. The van der Waals surface area contributed by atoms with Gasteiger partial charge in [0.25, 0.3) is 0 Å². The van der Waals surface area contributed by atoms with Crippen LogP contribution in [0, 0.1) is 11.8 Å². The first-order chi connectivity index (χ1) is 12.1. The maximum Gasteiger partial charge on any atom is 0.0552 e. The third-order valence-corrected chi connectivity index (χ3v) is 6.51. The van der Waals surface area contributed by atoms with Crippen LogP contribution in [-0.4, -0.2) is 31.0 Å². The van der Waals surface area contributed by atoms with Gasteiger partial charge in [0, 0.05) is 22.8 Å². The number of hydrogen-bond donors (Lipinski definition) is 0. The van der Waals surface area contributed by atoms with Gasteiger partial charge in [0.2, 0.25) is 0 Å². The van der Waals surface area contributed by atoms with E-state index >= 15 is 0 Å². The van der Waals surface area contributed by atoms with Crippen molar-refractivity contribution in [1.82, 2.24) is 4.90 Å². The van der Waals surface area contributed by atoms with Gasteiger partial charge in [0.15, 0.2) is 0 Å². The van der Waals surface area contributed by atoms with E-state index in [0.29, 0.717) is 5.92 Å². The van der Waals surface area contributed by atoms with Crippen LogP contribution in [0.2, 0.25) is 0 Å². The zero-order valence-electron chi connectivity index (χ0n) is 15.1. The Bertz CT molecular complexity index is 756. The summed E-state index contributed by atoms with van der Waals surface area (Å²) in [6, 6.07) is 16.5. The van der Waals surface area contributed by atoms with Gasteiger partial charge in [-0.25, -0.2) is 0 Å². The Morgan fingerprint density at radius 1 is 0.957 bits per heavy atom. The lowest BCUT2D eigenvalue weighted by molar-refractivity contribution is 0.0553. The largest absolute Gasteiger partial charge is 0.339 e. The van der Waals surface area contributed by atoms with Crippen molar-refractivity contribution in [1.29, 1.82) is 0 Å². The molecule has 0 radical (unpaired) electrons. The molecule has 2 bridgehead atoms. The van der Waals surface area contributed by atoms with Crippen LogP contribution in [-0.2, 0) is 0 Å². The van der Waals surface area contributed by atoms with Crippen LogP contribution < -0.4 is 4.90 Å². The summed E-state index contributed by atoms with van der Waals surface area (Å²) in [6.45, 7) is 1.77. The van der Waals surface area contributed by atoms with Gasteiger partial charge < -0.3 is 9.80 Å². The molecule has 23 heavy (non-hydrogen) atoms. The van der Waals surface area contributed by atoms with E-state index < -0.39 is 6.50 Å². The van der Waals surface area contributed by atoms with Crippen molar-refractivity contribution < 1.29 is 2.74 Å². The lowest BCUT2D eigenvalue weighted by atomic mass is 9.82. The smallest absolute Gasteiger partial charge is 0.0552 e. The lowest BCUT2D eigenvalue weighted by Crippen LogP contribution is -2.50. The molecule has 0 spiro atoms. The van der Waals surface area contributed by atoms with Crippen LogP contribution in [0.4, 0.5) is 11.4 Å². The molecule has 4 aliphatic heterocycles. The van der Waals surface area contributed by atoms with Gasteiger partial charge in [-0.3, -0.25) is 0 Å². The second-order valence-corrected chi connectivity index (χ2v) is 7.83. The van der Waals surface area contributed by atoms with E-state index in [-0.39, 0.29) is 5.92 Å². The minimum absolute atomic E-state index is 0.0548. The van der Waals surface area contributed by atoms with E-state index in [4.69, 9.17) is 0 Å². The van der Waals surface area contributed by atoms with Crippen LogP contribution in [0.1, 0.15) is 15.6 Å². The first-order valence-corrected chi connectivity index (χ1v) is 9.35. The van der Waals surface area contributed by atoms with E-state index in [1.54, 1.807) is 11.8 Å². The van der Waals surface area contributed by atoms with E-state index in [2.05, 4.69) is 29.2 Å². The summed E-state index contributed by atoms with van der Waals surface area (Å²) in [6.07, 6.45) is 2.27. The predicted octanol–water partition coefficient (Wildman–Crippen LogP) is 4.63. The molecular weight excluding hydrogens is 301 g/mol. The Labute approximate surface area is 145 Å². The van der Waals surface area contributed by atoms with Gasteiger partial charge in [-0.15, -0.1) is 0 Å². The Kier molecular flexibility index (Phi) is 2.90. The molecule has 2 nitrogen and oxygen atoms in total. The van der Waals surface area contributed by atoms with Crippen molar-refractivity contribution >= 4 is 23.1 Å². The minimum atomic E-state index is -1.39. The molecule has 118 valence electrons. The Morgan fingerprint density at radius 3 is 2.13 bits per heavy atom. The van der Waals surface area contributed by atoms with E-state index in [1.807, 2.05) is 29.2 Å². The number of fused-ring (bicyclic) bond motifs is 5. The van der Waals surface area contributed by atoms with E-state index in [9.17, 15) is 2.74 Å². The molecule has 0 aliphatic carbocycles. The summed E-state index contributed by atoms with van der Waals surface area (Å²) in [5.74, 6) is 0.549. The fourth-order valence-electron chi connectivity index (χ4n) is 4.12. The molecule has 1 atom stereocenters. The number of benzene rings is 2. The van der Waals surface area contributed by atoms with Gasteiger partial charge in [0.1, 0.15) is 0 Å². The standard InChI is InChI=1S/C20H22N2S/c1-3-7-19-17(5-1)22(18-6-2-4-8-20(18)23-19)14-16-13-21-11-9-15(16)10-12-21/h1-8,15-16H,9-14H2/i14+1D2. The van der Waals surface area contributed by atoms with Gasteiger partial charge in [0.05, 0.1) is 14.1 Å². The summed E-state index contributed by atoms with van der Waals surface area (Å²) in [7, 11) is 0. The summed E-state index contributed by atoms with van der Waals surface area (Å²) in [4.78, 5) is 6.72. The Hall–Kier alpha value is -1.45. The molecule has 1 unspecified atom stereocenters.